The minimum Gasteiger partial charge on any atom is -0.508 e. The summed E-state index contributed by atoms with van der Waals surface area (Å²) in [6.07, 6.45) is 4.74. The molecule has 0 aliphatic carbocycles. The fraction of sp³-hybridized carbons (Fsp3) is 0.286. The summed E-state index contributed by atoms with van der Waals surface area (Å²) in [6.45, 7) is 1.87. The first kappa shape index (κ1) is 18.0. The lowest BCUT2D eigenvalue weighted by molar-refractivity contribution is -0.114. The Hall–Kier alpha value is -2.79. The third-order valence-corrected chi connectivity index (χ3v) is 4.31. The summed E-state index contributed by atoms with van der Waals surface area (Å²) in [7, 11) is 2.02. The Morgan fingerprint density at radius 3 is 2.69 bits per heavy atom. The van der Waals surface area contributed by atoms with Crippen LogP contribution in [0.3, 0.4) is 0 Å². The van der Waals surface area contributed by atoms with Crippen LogP contribution in [0.25, 0.3) is 6.08 Å². The van der Waals surface area contributed by atoms with Crippen molar-refractivity contribution in [1.82, 2.24) is 4.90 Å². The molecule has 0 aromatic heterocycles. The molecular weight excluding hydrogens is 330 g/mol. The summed E-state index contributed by atoms with van der Waals surface area (Å²) in [4.78, 5) is 14.1. The number of rotatable bonds is 8. The van der Waals surface area contributed by atoms with Gasteiger partial charge in [-0.3, -0.25) is 4.79 Å². The van der Waals surface area contributed by atoms with Crippen LogP contribution in [0, 0.1) is 0 Å². The molecule has 0 spiro atoms. The molecule has 0 atom stereocenters. The van der Waals surface area contributed by atoms with E-state index >= 15 is 0 Å². The van der Waals surface area contributed by atoms with E-state index in [0.717, 1.165) is 30.0 Å². The number of aromatic hydroxyl groups is 1. The number of ether oxygens (including phenoxy) is 2. The Morgan fingerprint density at radius 1 is 1.12 bits per heavy atom. The number of fused-ring (bicyclic) bond motifs is 1. The van der Waals surface area contributed by atoms with Gasteiger partial charge >= 0.3 is 0 Å². The van der Waals surface area contributed by atoms with Crippen molar-refractivity contribution in [1.29, 1.82) is 0 Å². The van der Waals surface area contributed by atoms with E-state index in [0.29, 0.717) is 19.8 Å². The predicted molar refractivity (Wildman–Crippen MR) is 101 cm³/mol. The Bertz CT molecular complexity index is 783. The number of likely N-dealkylation sites (N-methyl/N-ethyl adjacent to an activating group) is 1. The standard InChI is InChI=1S/C21H23NO4/c1-22(12-10-17-5-9-20-21(14-17)26-15-25-20)13-11-19(24)8-4-16-2-6-18(23)7-3-16/h2-9,14,23H,10-13,15H2,1H3/b8-4+. The molecular formula is C21H23NO4. The van der Waals surface area contributed by atoms with E-state index in [1.807, 2.05) is 25.2 Å². The minimum atomic E-state index is 0.0907. The molecule has 5 heteroatoms. The number of nitrogens with zero attached hydrogens (tertiary/aromatic N) is 1. The fourth-order valence-corrected chi connectivity index (χ4v) is 2.69. The third kappa shape index (κ3) is 5.10. The zero-order valence-electron chi connectivity index (χ0n) is 14.9. The molecule has 0 saturated carbocycles. The lowest BCUT2D eigenvalue weighted by atomic mass is 10.1. The Labute approximate surface area is 153 Å². The van der Waals surface area contributed by atoms with Crippen LogP contribution in [0.5, 0.6) is 17.2 Å². The number of carbonyl (C=O) groups is 1. The highest BCUT2D eigenvalue weighted by Gasteiger charge is 2.13. The second kappa shape index (κ2) is 8.54. The molecule has 26 heavy (non-hydrogen) atoms. The first-order valence-electron chi connectivity index (χ1n) is 8.67. The van der Waals surface area contributed by atoms with Gasteiger partial charge < -0.3 is 19.5 Å². The van der Waals surface area contributed by atoms with Gasteiger partial charge in [0.1, 0.15) is 5.75 Å². The normalized spacial score (nSPS) is 12.8. The second-order valence-electron chi connectivity index (χ2n) is 6.38. The average molecular weight is 353 g/mol. The van der Waals surface area contributed by atoms with E-state index in [2.05, 4.69) is 4.90 Å². The number of allylic oxidation sites excluding steroid dienone is 1. The molecule has 1 aliphatic heterocycles. The molecule has 136 valence electrons. The number of hydrogen-bond acceptors (Lipinski definition) is 5. The molecule has 0 unspecified atom stereocenters. The molecule has 1 aliphatic rings. The number of carbonyl (C=O) groups excluding carboxylic acids is 1. The highest BCUT2D eigenvalue weighted by atomic mass is 16.7. The van der Waals surface area contributed by atoms with Crippen LogP contribution in [0.4, 0.5) is 0 Å². The monoisotopic (exact) mass is 353 g/mol. The van der Waals surface area contributed by atoms with Gasteiger partial charge in [-0.15, -0.1) is 0 Å². The smallest absolute Gasteiger partial charge is 0.231 e. The molecule has 0 saturated heterocycles. The summed E-state index contributed by atoms with van der Waals surface area (Å²) < 4.78 is 10.7. The molecule has 1 heterocycles. The van der Waals surface area contributed by atoms with Crippen LogP contribution in [0.2, 0.25) is 0 Å². The van der Waals surface area contributed by atoms with E-state index in [1.165, 1.54) is 5.56 Å². The minimum absolute atomic E-state index is 0.0907. The summed E-state index contributed by atoms with van der Waals surface area (Å²) in [5, 5.41) is 9.25. The highest BCUT2D eigenvalue weighted by molar-refractivity contribution is 5.93. The lowest BCUT2D eigenvalue weighted by Gasteiger charge is -2.15. The van der Waals surface area contributed by atoms with E-state index in [4.69, 9.17) is 9.47 Å². The maximum absolute atomic E-state index is 12.0. The lowest BCUT2D eigenvalue weighted by Crippen LogP contribution is -2.24. The molecule has 5 nitrogen and oxygen atoms in total. The topological polar surface area (TPSA) is 59.0 Å². The molecule has 0 radical (unpaired) electrons. The van der Waals surface area contributed by atoms with Crippen molar-refractivity contribution >= 4 is 11.9 Å². The van der Waals surface area contributed by atoms with E-state index in [-0.39, 0.29) is 11.5 Å². The number of phenols is 1. The van der Waals surface area contributed by atoms with Crippen molar-refractivity contribution in [2.24, 2.45) is 0 Å². The van der Waals surface area contributed by atoms with Crippen LogP contribution >= 0.6 is 0 Å². The zero-order chi connectivity index (χ0) is 18.4. The number of phenolic OH excluding ortho intramolecular Hbond substituents is 1. The second-order valence-corrected chi connectivity index (χ2v) is 6.38. The highest BCUT2D eigenvalue weighted by Crippen LogP contribution is 2.32. The Kier molecular flexibility index (Phi) is 5.92. The van der Waals surface area contributed by atoms with Gasteiger partial charge in [-0.05, 0) is 54.9 Å². The molecule has 3 rings (SSSR count). The fourth-order valence-electron chi connectivity index (χ4n) is 2.69. The van der Waals surface area contributed by atoms with Crippen molar-refractivity contribution in [2.75, 3.05) is 26.9 Å². The van der Waals surface area contributed by atoms with Gasteiger partial charge in [0.15, 0.2) is 17.3 Å². The van der Waals surface area contributed by atoms with Crippen molar-refractivity contribution < 1.29 is 19.4 Å². The number of benzene rings is 2. The molecule has 2 aromatic carbocycles. The van der Waals surface area contributed by atoms with Crippen LogP contribution in [0.1, 0.15) is 17.5 Å². The molecule has 0 amide bonds. The van der Waals surface area contributed by atoms with E-state index < -0.39 is 0 Å². The van der Waals surface area contributed by atoms with Crippen molar-refractivity contribution in [3.63, 3.8) is 0 Å². The van der Waals surface area contributed by atoms with Crippen molar-refractivity contribution in [3.05, 3.63) is 59.7 Å². The summed E-state index contributed by atoms with van der Waals surface area (Å²) in [5.41, 5.74) is 2.09. The van der Waals surface area contributed by atoms with Gasteiger partial charge in [0.25, 0.3) is 0 Å². The van der Waals surface area contributed by atoms with Gasteiger partial charge in [0.2, 0.25) is 6.79 Å². The quantitative estimate of drug-likeness (QED) is 0.738. The van der Waals surface area contributed by atoms with Gasteiger partial charge in [-0.25, -0.2) is 0 Å². The van der Waals surface area contributed by atoms with Crippen LogP contribution in [-0.4, -0.2) is 42.7 Å². The predicted octanol–water partition coefficient (Wildman–Crippen LogP) is 3.27. The Balaban J connectivity index is 1.40. The van der Waals surface area contributed by atoms with Gasteiger partial charge in [0, 0.05) is 19.5 Å². The van der Waals surface area contributed by atoms with Crippen LogP contribution in [-0.2, 0) is 11.2 Å². The van der Waals surface area contributed by atoms with Crippen molar-refractivity contribution in [2.45, 2.75) is 12.8 Å². The zero-order valence-corrected chi connectivity index (χ0v) is 14.9. The first-order valence-corrected chi connectivity index (χ1v) is 8.67. The molecule has 0 bridgehead atoms. The number of ketones is 1. The number of hydrogen-bond donors (Lipinski definition) is 1. The maximum Gasteiger partial charge on any atom is 0.231 e. The Morgan fingerprint density at radius 2 is 1.88 bits per heavy atom. The molecule has 0 fully saturated rings. The van der Waals surface area contributed by atoms with Gasteiger partial charge in [-0.2, -0.15) is 0 Å². The first-order chi connectivity index (χ1) is 12.6. The summed E-state index contributed by atoms with van der Waals surface area (Å²) >= 11 is 0. The maximum atomic E-state index is 12.0. The third-order valence-electron chi connectivity index (χ3n) is 4.31. The SMILES string of the molecule is CN(CCC(=O)/C=C/c1ccc(O)cc1)CCc1ccc2c(c1)OCO2. The largest absolute Gasteiger partial charge is 0.508 e. The van der Waals surface area contributed by atoms with Crippen LogP contribution < -0.4 is 9.47 Å². The average Bonchev–Trinajstić information content (AvgIpc) is 3.12. The van der Waals surface area contributed by atoms with Gasteiger partial charge in [0.05, 0.1) is 0 Å². The van der Waals surface area contributed by atoms with Crippen molar-refractivity contribution in [3.8, 4) is 17.2 Å². The van der Waals surface area contributed by atoms with Gasteiger partial charge in [-0.1, -0.05) is 24.3 Å². The summed E-state index contributed by atoms with van der Waals surface area (Å²) in [5.74, 6) is 1.92. The molecule has 1 N–H and O–H groups in total. The van der Waals surface area contributed by atoms with Crippen LogP contribution in [0.15, 0.2) is 48.5 Å². The molecule has 2 aromatic rings. The van der Waals surface area contributed by atoms with E-state index in [9.17, 15) is 9.90 Å². The van der Waals surface area contributed by atoms with E-state index in [1.54, 1.807) is 36.4 Å². The summed E-state index contributed by atoms with van der Waals surface area (Å²) in [6, 6.07) is 12.8.